The Morgan fingerprint density at radius 2 is 2.00 bits per heavy atom. The fourth-order valence-electron chi connectivity index (χ4n) is 3.49. The Hall–Kier alpha value is -4.06. The van der Waals surface area contributed by atoms with Gasteiger partial charge in [-0.3, -0.25) is 4.98 Å². The van der Waals surface area contributed by atoms with Gasteiger partial charge in [0.15, 0.2) is 0 Å². The zero-order valence-corrected chi connectivity index (χ0v) is 19.3. The van der Waals surface area contributed by atoms with Crippen LogP contribution in [0.2, 0.25) is 0 Å². The van der Waals surface area contributed by atoms with Gasteiger partial charge in [0.2, 0.25) is 11.8 Å². The van der Waals surface area contributed by atoms with Crippen LogP contribution in [0.4, 0.5) is 14.7 Å². The summed E-state index contributed by atoms with van der Waals surface area (Å²) in [5.74, 6) is 0.144. The number of benzene rings is 1. The van der Waals surface area contributed by atoms with E-state index in [0.717, 1.165) is 6.54 Å². The number of nitriles is 1. The molecule has 7 nitrogen and oxygen atoms in total. The number of pyridine rings is 1. The first kappa shape index (κ1) is 24.6. The van der Waals surface area contributed by atoms with E-state index in [2.05, 4.69) is 26.3 Å². The van der Waals surface area contributed by atoms with Crippen molar-refractivity contribution in [1.82, 2.24) is 20.3 Å². The van der Waals surface area contributed by atoms with Gasteiger partial charge in [-0.25, -0.2) is 13.8 Å². The van der Waals surface area contributed by atoms with Crippen LogP contribution < -0.4 is 15.8 Å². The number of hydrogen-bond donors (Lipinski definition) is 2. The standard InChI is InChI=1S/C25H26F2N6O/c1-4-30-10-5-6-11-34-24-21(18-12-15(2)31-20(13-18)23(26)27)22(32-25(29)33-24)19-9-7-8-17(14-28)16(19)3/h5,7-10,12-13,23,30H,4,6,11H2,1-3H3,(H2,29,32,33)/b10-5-. The third-order valence-corrected chi connectivity index (χ3v) is 5.05. The molecular weight excluding hydrogens is 438 g/mol. The normalized spacial score (nSPS) is 11.1. The molecule has 0 spiro atoms. The number of aryl methyl sites for hydroxylation is 1. The van der Waals surface area contributed by atoms with Crippen molar-refractivity contribution in [2.45, 2.75) is 33.6 Å². The predicted molar refractivity (Wildman–Crippen MR) is 127 cm³/mol. The highest BCUT2D eigenvalue weighted by Crippen LogP contribution is 2.40. The minimum atomic E-state index is -2.75. The van der Waals surface area contributed by atoms with Gasteiger partial charge in [0.25, 0.3) is 6.43 Å². The van der Waals surface area contributed by atoms with Crippen LogP contribution in [0.25, 0.3) is 22.4 Å². The number of aromatic nitrogens is 3. The minimum Gasteiger partial charge on any atom is -0.477 e. The predicted octanol–water partition coefficient (Wildman–Crippen LogP) is 5.11. The number of anilines is 1. The molecule has 0 unspecified atom stereocenters. The van der Waals surface area contributed by atoms with Crippen molar-refractivity contribution in [3.8, 4) is 34.3 Å². The molecule has 0 aliphatic carbocycles. The molecule has 0 aliphatic heterocycles. The summed E-state index contributed by atoms with van der Waals surface area (Å²) in [7, 11) is 0. The van der Waals surface area contributed by atoms with Crippen LogP contribution in [0, 0.1) is 25.2 Å². The number of rotatable bonds is 9. The number of nitrogens with two attached hydrogens (primary N) is 1. The molecule has 3 aromatic rings. The van der Waals surface area contributed by atoms with E-state index in [1.165, 1.54) is 6.07 Å². The number of nitrogens with one attached hydrogen (secondary N) is 1. The van der Waals surface area contributed by atoms with E-state index >= 15 is 0 Å². The lowest BCUT2D eigenvalue weighted by molar-refractivity contribution is 0.146. The van der Waals surface area contributed by atoms with Crippen LogP contribution in [0.15, 0.2) is 42.6 Å². The molecule has 0 saturated heterocycles. The van der Waals surface area contributed by atoms with Crippen LogP contribution >= 0.6 is 0 Å². The summed E-state index contributed by atoms with van der Waals surface area (Å²) in [6, 6.07) is 10.4. The van der Waals surface area contributed by atoms with Crippen molar-refractivity contribution < 1.29 is 13.5 Å². The van der Waals surface area contributed by atoms with Gasteiger partial charge in [-0.2, -0.15) is 10.2 Å². The van der Waals surface area contributed by atoms with E-state index < -0.39 is 6.43 Å². The quantitative estimate of drug-likeness (QED) is 0.424. The summed E-state index contributed by atoms with van der Waals surface area (Å²) >= 11 is 0. The maximum absolute atomic E-state index is 13.5. The smallest absolute Gasteiger partial charge is 0.280 e. The summed E-state index contributed by atoms with van der Waals surface area (Å²) in [6.45, 7) is 6.52. The van der Waals surface area contributed by atoms with E-state index in [-0.39, 0.29) is 24.1 Å². The fraction of sp³-hybridized carbons (Fsp3) is 0.280. The van der Waals surface area contributed by atoms with Gasteiger partial charge in [-0.15, -0.1) is 0 Å². The Bertz CT molecular complexity index is 1240. The highest BCUT2D eigenvalue weighted by Gasteiger charge is 2.22. The summed E-state index contributed by atoms with van der Waals surface area (Å²) in [6.07, 6.45) is 1.59. The van der Waals surface area contributed by atoms with Crippen molar-refractivity contribution in [2.75, 3.05) is 18.9 Å². The first-order chi connectivity index (χ1) is 16.3. The zero-order valence-electron chi connectivity index (χ0n) is 19.3. The molecule has 0 aliphatic rings. The van der Waals surface area contributed by atoms with E-state index in [0.29, 0.717) is 45.6 Å². The van der Waals surface area contributed by atoms with Crippen molar-refractivity contribution in [3.05, 3.63) is 65.1 Å². The van der Waals surface area contributed by atoms with Gasteiger partial charge in [0.05, 0.1) is 29.5 Å². The van der Waals surface area contributed by atoms with Crippen molar-refractivity contribution in [1.29, 1.82) is 5.26 Å². The summed E-state index contributed by atoms with van der Waals surface area (Å²) in [5, 5.41) is 12.6. The van der Waals surface area contributed by atoms with E-state index in [9.17, 15) is 14.0 Å². The number of halogens is 2. The largest absolute Gasteiger partial charge is 0.477 e. The third-order valence-electron chi connectivity index (χ3n) is 5.05. The van der Waals surface area contributed by atoms with Crippen LogP contribution in [-0.2, 0) is 0 Å². The molecule has 2 aromatic heterocycles. The van der Waals surface area contributed by atoms with Gasteiger partial charge in [-0.05, 0) is 56.3 Å². The molecule has 34 heavy (non-hydrogen) atoms. The first-order valence-electron chi connectivity index (χ1n) is 10.8. The fourth-order valence-corrected chi connectivity index (χ4v) is 3.49. The molecule has 3 N–H and O–H groups in total. The SMILES string of the molecule is CCN/C=C\CCOc1nc(N)nc(-c2cccc(C#N)c2C)c1-c1cc(C)nc(C(F)F)c1. The third kappa shape index (κ3) is 5.64. The van der Waals surface area contributed by atoms with E-state index in [1.54, 1.807) is 38.1 Å². The number of ether oxygens (including phenoxy) is 1. The van der Waals surface area contributed by atoms with E-state index in [1.807, 2.05) is 19.2 Å². The van der Waals surface area contributed by atoms with Crippen LogP contribution in [0.5, 0.6) is 5.88 Å². The average molecular weight is 465 g/mol. The molecule has 9 heteroatoms. The molecule has 0 atom stereocenters. The van der Waals surface area contributed by atoms with Gasteiger partial charge < -0.3 is 15.8 Å². The van der Waals surface area contributed by atoms with E-state index in [4.69, 9.17) is 10.5 Å². The molecule has 1 aromatic carbocycles. The highest BCUT2D eigenvalue weighted by molar-refractivity contribution is 5.86. The van der Waals surface area contributed by atoms with Gasteiger partial charge >= 0.3 is 0 Å². The molecule has 0 radical (unpaired) electrons. The number of alkyl halides is 2. The Morgan fingerprint density at radius 1 is 1.21 bits per heavy atom. The minimum absolute atomic E-state index is 0.0291. The Balaban J connectivity index is 2.20. The summed E-state index contributed by atoms with van der Waals surface area (Å²) < 4.78 is 33.1. The molecule has 0 saturated carbocycles. The van der Waals surface area contributed by atoms with Gasteiger partial charge in [-0.1, -0.05) is 18.2 Å². The molecule has 176 valence electrons. The molecule has 0 amide bonds. The summed E-state index contributed by atoms with van der Waals surface area (Å²) in [5.41, 5.74) is 9.09. The molecule has 0 bridgehead atoms. The van der Waals surface area contributed by atoms with Crippen molar-refractivity contribution >= 4 is 5.95 Å². The monoisotopic (exact) mass is 464 g/mol. The lowest BCUT2D eigenvalue weighted by Gasteiger charge is -2.17. The molecular formula is C25H26F2N6O. The summed E-state index contributed by atoms with van der Waals surface area (Å²) in [4.78, 5) is 12.7. The maximum Gasteiger partial charge on any atom is 0.280 e. The van der Waals surface area contributed by atoms with Crippen LogP contribution in [0.1, 0.15) is 42.3 Å². The maximum atomic E-state index is 13.5. The lowest BCUT2D eigenvalue weighted by Crippen LogP contribution is -2.08. The number of hydrogen-bond acceptors (Lipinski definition) is 7. The average Bonchev–Trinajstić information content (AvgIpc) is 2.80. The number of nitrogens with zero attached hydrogens (tertiary/aromatic N) is 4. The van der Waals surface area contributed by atoms with Gasteiger partial charge in [0, 0.05) is 24.2 Å². The van der Waals surface area contributed by atoms with Crippen molar-refractivity contribution in [3.63, 3.8) is 0 Å². The topological polar surface area (TPSA) is 110 Å². The Kier molecular flexibility index (Phi) is 8.09. The second-order valence-electron chi connectivity index (χ2n) is 7.52. The highest BCUT2D eigenvalue weighted by atomic mass is 19.3. The molecule has 3 rings (SSSR count). The zero-order chi connectivity index (χ0) is 24.7. The molecule has 2 heterocycles. The second kappa shape index (κ2) is 11.2. The van der Waals surface area contributed by atoms with Crippen LogP contribution in [0.3, 0.4) is 0 Å². The number of nitrogen functional groups attached to an aromatic ring is 1. The lowest BCUT2D eigenvalue weighted by atomic mass is 9.94. The van der Waals surface area contributed by atoms with Crippen LogP contribution in [-0.4, -0.2) is 28.1 Å². The first-order valence-corrected chi connectivity index (χ1v) is 10.8. The Labute approximate surface area is 197 Å². The van der Waals surface area contributed by atoms with Crippen molar-refractivity contribution in [2.24, 2.45) is 0 Å². The van der Waals surface area contributed by atoms with Gasteiger partial charge in [0.1, 0.15) is 5.69 Å². The Morgan fingerprint density at radius 3 is 2.71 bits per heavy atom. The second-order valence-corrected chi connectivity index (χ2v) is 7.52. The molecule has 0 fully saturated rings.